The molecule has 1 aromatic carbocycles. The van der Waals surface area contributed by atoms with Crippen LogP contribution in [0.1, 0.15) is 17.7 Å². The van der Waals surface area contributed by atoms with Gasteiger partial charge in [-0.1, -0.05) is 49.5 Å². The van der Waals surface area contributed by atoms with Crippen LogP contribution >= 0.6 is 11.6 Å². The van der Waals surface area contributed by atoms with E-state index in [1.807, 2.05) is 30.3 Å². The summed E-state index contributed by atoms with van der Waals surface area (Å²) < 4.78 is 1.50. The zero-order chi connectivity index (χ0) is 16.3. The first-order valence-electron chi connectivity index (χ1n) is 7.25. The molecular weight excluding hydrogens is 314 g/mol. The summed E-state index contributed by atoms with van der Waals surface area (Å²) in [7, 11) is -1.59. The fourth-order valence-corrected chi connectivity index (χ4v) is 5.08. The molecule has 4 nitrogen and oxygen atoms in total. The van der Waals surface area contributed by atoms with Gasteiger partial charge in [-0.2, -0.15) is 5.10 Å². The van der Waals surface area contributed by atoms with Crippen LogP contribution in [-0.4, -0.2) is 27.9 Å². The molecule has 1 aromatic heterocycles. The molecule has 0 saturated heterocycles. The molecule has 0 amide bonds. The van der Waals surface area contributed by atoms with Gasteiger partial charge in [-0.05, 0) is 23.2 Å². The molecule has 1 heterocycles. The Kier molecular flexibility index (Phi) is 5.21. The standard InChI is InChI=1S/C16H22ClN3OSi/c1-5-14(22(2,3)4)15(12-6-8-13(17)9-7-12)16(21)20-11-18-10-19-20/h5-11,14-16,21H,1H2,2-4H3. The molecule has 118 valence electrons. The SMILES string of the molecule is C=CC(C(c1ccc(Cl)cc1)C(O)n1cncn1)[Si](C)(C)C. The first-order valence-corrected chi connectivity index (χ1v) is 11.2. The van der Waals surface area contributed by atoms with Gasteiger partial charge in [0.15, 0.2) is 6.23 Å². The molecule has 0 aliphatic heterocycles. The normalized spacial score (nSPS) is 16.0. The Morgan fingerprint density at radius 2 is 1.91 bits per heavy atom. The maximum atomic E-state index is 10.9. The number of rotatable bonds is 6. The summed E-state index contributed by atoms with van der Waals surface area (Å²) in [6, 6.07) is 7.62. The minimum absolute atomic E-state index is 0.136. The van der Waals surface area contributed by atoms with Gasteiger partial charge in [0, 0.05) is 10.9 Å². The molecule has 0 fully saturated rings. The molecule has 0 bridgehead atoms. The fraction of sp³-hybridized carbons (Fsp3) is 0.375. The Bertz CT molecular complexity index is 607. The summed E-state index contributed by atoms with van der Waals surface area (Å²) in [5.74, 6) is -0.136. The van der Waals surface area contributed by atoms with Crippen molar-refractivity contribution >= 4 is 19.7 Å². The third-order valence-electron chi connectivity index (χ3n) is 3.92. The van der Waals surface area contributed by atoms with E-state index >= 15 is 0 Å². The second kappa shape index (κ2) is 6.77. The molecule has 2 rings (SSSR count). The van der Waals surface area contributed by atoms with Crippen molar-refractivity contribution in [3.05, 3.63) is 60.2 Å². The highest BCUT2D eigenvalue weighted by atomic mass is 35.5. The number of nitrogens with zero attached hydrogens (tertiary/aromatic N) is 3. The predicted molar refractivity (Wildman–Crippen MR) is 92.8 cm³/mol. The van der Waals surface area contributed by atoms with Crippen LogP contribution in [0, 0.1) is 0 Å². The molecule has 3 atom stereocenters. The van der Waals surface area contributed by atoms with E-state index in [0.29, 0.717) is 5.02 Å². The van der Waals surface area contributed by atoms with Crippen molar-refractivity contribution in [2.45, 2.75) is 37.3 Å². The van der Waals surface area contributed by atoms with Crippen LogP contribution in [-0.2, 0) is 0 Å². The van der Waals surface area contributed by atoms with Gasteiger partial charge in [0.2, 0.25) is 0 Å². The lowest BCUT2D eigenvalue weighted by molar-refractivity contribution is 0.0610. The highest BCUT2D eigenvalue weighted by molar-refractivity contribution is 6.78. The largest absolute Gasteiger partial charge is 0.371 e. The molecule has 0 spiro atoms. The highest BCUT2D eigenvalue weighted by Crippen LogP contribution is 2.43. The predicted octanol–water partition coefficient (Wildman–Crippen LogP) is 4.10. The number of aliphatic hydroxyl groups excluding tert-OH is 1. The number of aromatic nitrogens is 3. The molecule has 0 radical (unpaired) electrons. The number of benzene rings is 1. The van der Waals surface area contributed by atoms with E-state index in [-0.39, 0.29) is 11.5 Å². The van der Waals surface area contributed by atoms with Crippen LogP contribution in [0.5, 0.6) is 0 Å². The average Bonchev–Trinajstić information content (AvgIpc) is 2.98. The van der Waals surface area contributed by atoms with Crippen molar-refractivity contribution in [2.24, 2.45) is 0 Å². The van der Waals surface area contributed by atoms with E-state index in [2.05, 4.69) is 36.3 Å². The number of hydrogen-bond acceptors (Lipinski definition) is 3. The Labute approximate surface area is 137 Å². The lowest BCUT2D eigenvalue weighted by Gasteiger charge is -2.36. The highest BCUT2D eigenvalue weighted by Gasteiger charge is 2.37. The van der Waals surface area contributed by atoms with E-state index in [1.54, 1.807) is 0 Å². The van der Waals surface area contributed by atoms with Gasteiger partial charge in [-0.25, -0.2) is 9.67 Å². The molecule has 6 heteroatoms. The summed E-state index contributed by atoms with van der Waals surface area (Å²) in [6.07, 6.45) is 4.14. The summed E-state index contributed by atoms with van der Waals surface area (Å²) in [5, 5.41) is 15.6. The third-order valence-corrected chi connectivity index (χ3v) is 6.77. The van der Waals surface area contributed by atoms with Crippen LogP contribution in [0.25, 0.3) is 0 Å². The number of hydrogen-bond donors (Lipinski definition) is 1. The zero-order valence-electron chi connectivity index (χ0n) is 13.1. The monoisotopic (exact) mass is 335 g/mol. The van der Waals surface area contributed by atoms with Crippen LogP contribution in [0.2, 0.25) is 30.2 Å². The Morgan fingerprint density at radius 1 is 1.27 bits per heavy atom. The number of halogens is 1. The topological polar surface area (TPSA) is 50.9 Å². The zero-order valence-corrected chi connectivity index (χ0v) is 14.9. The van der Waals surface area contributed by atoms with E-state index in [9.17, 15) is 5.11 Å². The average molecular weight is 336 g/mol. The van der Waals surface area contributed by atoms with Crippen LogP contribution in [0.15, 0.2) is 49.6 Å². The molecule has 2 aromatic rings. The number of allylic oxidation sites excluding steroid dienone is 1. The lowest BCUT2D eigenvalue weighted by Crippen LogP contribution is -2.35. The Balaban J connectivity index is 2.48. The van der Waals surface area contributed by atoms with Crippen molar-refractivity contribution in [3.8, 4) is 0 Å². The number of aliphatic hydroxyl groups is 1. The van der Waals surface area contributed by atoms with Gasteiger partial charge in [-0.15, -0.1) is 6.58 Å². The quantitative estimate of drug-likeness (QED) is 0.638. The summed E-state index contributed by atoms with van der Waals surface area (Å²) in [5.41, 5.74) is 1.22. The van der Waals surface area contributed by atoms with Crippen LogP contribution in [0.4, 0.5) is 0 Å². The molecule has 0 aliphatic carbocycles. The van der Waals surface area contributed by atoms with Crippen molar-refractivity contribution in [1.82, 2.24) is 14.8 Å². The third kappa shape index (κ3) is 3.66. The van der Waals surface area contributed by atoms with E-state index < -0.39 is 14.3 Å². The fourth-order valence-electron chi connectivity index (χ4n) is 2.81. The summed E-state index contributed by atoms with van der Waals surface area (Å²) >= 11 is 6.00. The molecule has 3 unspecified atom stereocenters. The molecule has 1 N–H and O–H groups in total. The van der Waals surface area contributed by atoms with Crippen LogP contribution in [0.3, 0.4) is 0 Å². The van der Waals surface area contributed by atoms with Gasteiger partial charge < -0.3 is 5.11 Å². The minimum Gasteiger partial charge on any atom is -0.371 e. The first-order chi connectivity index (χ1) is 10.3. The van der Waals surface area contributed by atoms with E-state index in [1.165, 1.54) is 17.3 Å². The second-order valence-electron chi connectivity index (χ2n) is 6.49. The Morgan fingerprint density at radius 3 is 2.36 bits per heavy atom. The van der Waals surface area contributed by atoms with Crippen LogP contribution < -0.4 is 0 Å². The van der Waals surface area contributed by atoms with Gasteiger partial charge in [0.05, 0.1) is 8.07 Å². The molecule has 0 saturated carbocycles. The summed E-state index contributed by atoms with van der Waals surface area (Å²) in [6.45, 7) is 10.8. The van der Waals surface area contributed by atoms with Gasteiger partial charge in [-0.3, -0.25) is 0 Å². The lowest BCUT2D eigenvalue weighted by atomic mass is 9.93. The smallest absolute Gasteiger partial charge is 0.155 e. The van der Waals surface area contributed by atoms with Gasteiger partial charge >= 0.3 is 0 Å². The van der Waals surface area contributed by atoms with Crippen molar-refractivity contribution < 1.29 is 5.11 Å². The van der Waals surface area contributed by atoms with Crippen molar-refractivity contribution in [3.63, 3.8) is 0 Å². The second-order valence-corrected chi connectivity index (χ2v) is 12.3. The van der Waals surface area contributed by atoms with E-state index in [0.717, 1.165) is 5.56 Å². The Hall–Kier alpha value is -1.43. The van der Waals surface area contributed by atoms with Crippen molar-refractivity contribution in [1.29, 1.82) is 0 Å². The molecule has 0 aliphatic rings. The maximum absolute atomic E-state index is 10.9. The first kappa shape index (κ1) is 16.9. The maximum Gasteiger partial charge on any atom is 0.155 e. The van der Waals surface area contributed by atoms with E-state index in [4.69, 9.17) is 11.6 Å². The summed E-state index contributed by atoms with van der Waals surface area (Å²) in [4.78, 5) is 3.94. The molecular formula is C16H22ClN3OSi. The van der Waals surface area contributed by atoms with Gasteiger partial charge in [0.1, 0.15) is 12.7 Å². The van der Waals surface area contributed by atoms with Crippen molar-refractivity contribution in [2.75, 3.05) is 0 Å². The minimum atomic E-state index is -1.59. The van der Waals surface area contributed by atoms with Gasteiger partial charge in [0.25, 0.3) is 0 Å². The molecule has 22 heavy (non-hydrogen) atoms.